The molecular weight excluding hydrogens is 248 g/mol. The average molecular weight is 261 g/mol. The van der Waals surface area contributed by atoms with Gasteiger partial charge < -0.3 is 10.2 Å². The molecule has 16 heavy (non-hydrogen) atoms. The van der Waals surface area contributed by atoms with Crippen molar-refractivity contribution in [2.75, 3.05) is 5.75 Å². The summed E-state index contributed by atoms with van der Waals surface area (Å²) in [6.07, 6.45) is -2.07. The molecule has 3 nitrogen and oxygen atoms in total. The standard InChI is InChI=1S/C11H13ClO3S/c1-7(13)16-6-10(14)11(15)8-4-2-3-5-9(8)12/h2-5,10-11,14-15H,6H2,1H3. The second-order valence-corrected chi connectivity index (χ2v) is 4.94. The minimum absolute atomic E-state index is 0.0922. The van der Waals surface area contributed by atoms with Crippen molar-refractivity contribution in [3.05, 3.63) is 34.9 Å². The predicted molar refractivity (Wildman–Crippen MR) is 65.6 cm³/mol. The summed E-state index contributed by atoms with van der Waals surface area (Å²) in [5.74, 6) is 0.154. The van der Waals surface area contributed by atoms with Gasteiger partial charge in [-0.3, -0.25) is 4.79 Å². The van der Waals surface area contributed by atoms with E-state index in [4.69, 9.17) is 11.6 Å². The fraction of sp³-hybridized carbons (Fsp3) is 0.364. The number of thioether (sulfide) groups is 1. The highest BCUT2D eigenvalue weighted by atomic mass is 35.5. The number of aliphatic hydroxyl groups is 2. The molecule has 2 atom stereocenters. The molecule has 0 fully saturated rings. The lowest BCUT2D eigenvalue weighted by Crippen LogP contribution is -2.21. The second kappa shape index (κ2) is 6.25. The summed E-state index contributed by atoms with van der Waals surface area (Å²) in [7, 11) is 0. The first-order valence-corrected chi connectivity index (χ1v) is 6.12. The highest BCUT2D eigenvalue weighted by Gasteiger charge is 2.20. The molecular formula is C11H13ClO3S. The fourth-order valence-corrected chi connectivity index (χ4v) is 2.05. The van der Waals surface area contributed by atoms with Crippen molar-refractivity contribution in [1.29, 1.82) is 0 Å². The minimum atomic E-state index is -1.07. The molecule has 1 aromatic carbocycles. The van der Waals surface area contributed by atoms with Crippen LogP contribution < -0.4 is 0 Å². The SMILES string of the molecule is CC(=O)SCC(O)C(O)c1ccccc1Cl. The number of aliphatic hydroxyl groups excluding tert-OH is 2. The van der Waals surface area contributed by atoms with Crippen LogP contribution in [0.3, 0.4) is 0 Å². The minimum Gasteiger partial charge on any atom is -0.389 e. The van der Waals surface area contributed by atoms with Crippen molar-refractivity contribution in [3.63, 3.8) is 0 Å². The molecule has 1 rings (SSSR count). The summed E-state index contributed by atoms with van der Waals surface area (Å²) < 4.78 is 0. The topological polar surface area (TPSA) is 57.5 Å². The largest absolute Gasteiger partial charge is 0.389 e. The van der Waals surface area contributed by atoms with Crippen molar-refractivity contribution in [3.8, 4) is 0 Å². The van der Waals surface area contributed by atoms with Gasteiger partial charge in [0.05, 0.1) is 6.10 Å². The van der Waals surface area contributed by atoms with Gasteiger partial charge in [0, 0.05) is 23.3 Å². The Morgan fingerprint density at radius 3 is 2.62 bits per heavy atom. The van der Waals surface area contributed by atoms with Gasteiger partial charge in [0.15, 0.2) is 5.12 Å². The normalized spacial score (nSPS) is 14.5. The number of hydrogen-bond acceptors (Lipinski definition) is 4. The van der Waals surface area contributed by atoms with E-state index >= 15 is 0 Å². The molecule has 0 aliphatic rings. The molecule has 0 bridgehead atoms. The summed E-state index contributed by atoms with van der Waals surface area (Å²) >= 11 is 6.86. The van der Waals surface area contributed by atoms with E-state index in [2.05, 4.69) is 0 Å². The van der Waals surface area contributed by atoms with Crippen LogP contribution in [-0.2, 0) is 4.79 Å². The molecule has 0 radical (unpaired) electrons. The Kier molecular flexibility index (Phi) is 5.28. The lowest BCUT2D eigenvalue weighted by molar-refractivity contribution is -0.109. The monoisotopic (exact) mass is 260 g/mol. The maximum absolute atomic E-state index is 10.7. The van der Waals surface area contributed by atoms with Crippen LogP contribution in [0.4, 0.5) is 0 Å². The third kappa shape index (κ3) is 3.79. The summed E-state index contributed by atoms with van der Waals surface area (Å²) in [4.78, 5) is 10.7. The molecule has 0 aliphatic heterocycles. The van der Waals surface area contributed by atoms with Crippen LogP contribution in [0.25, 0.3) is 0 Å². The van der Waals surface area contributed by atoms with E-state index in [9.17, 15) is 15.0 Å². The Balaban J connectivity index is 2.66. The molecule has 2 N–H and O–H groups in total. The van der Waals surface area contributed by atoms with E-state index in [-0.39, 0.29) is 10.9 Å². The lowest BCUT2D eigenvalue weighted by Gasteiger charge is -2.18. The van der Waals surface area contributed by atoms with Crippen LogP contribution in [-0.4, -0.2) is 27.2 Å². The maximum atomic E-state index is 10.7. The number of hydrogen-bond donors (Lipinski definition) is 2. The lowest BCUT2D eigenvalue weighted by atomic mass is 10.1. The molecule has 0 heterocycles. The van der Waals surface area contributed by atoms with Gasteiger partial charge in [-0.1, -0.05) is 41.6 Å². The molecule has 0 amide bonds. The Morgan fingerprint density at radius 1 is 1.44 bits per heavy atom. The van der Waals surface area contributed by atoms with Crippen molar-refractivity contribution in [1.82, 2.24) is 0 Å². The number of carbonyl (C=O) groups excluding carboxylic acids is 1. The molecule has 0 saturated heterocycles. The van der Waals surface area contributed by atoms with Gasteiger partial charge in [-0.05, 0) is 6.07 Å². The summed E-state index contributed by atoms with van der Waals surface area (Å²) in [5, 5.41) is 19.8. The van der Waals surface area contributed by atoms with Crippen LogP contribution in [0.15, 0.2) is 24.3 Å². The first-order valence-electron chi connectivity index (χ1n) is 4.76. The van der Waals surface area contributed by atoms with Crippen LogP contribution in [0.5, 0.6) is 0 Å². The Labute approximate surface area is 103 Å². The number of carbonyl (C=O) groups is 1. The highest BCUT2D eigenvalue weighted by Crippen LogP contribution is 2.26. The van der Waals surface area contributed by atoms with Gasteiger partial charge in [0.1, 0.15) is 6.10 Å². The highest BCUT2D eigenvalue weighted by molar-refractivity contribution is 8.13. The van der Waals surface area contributed by atoms with Crippen LogP contribution >= 0.6 is 23.4 Å². The average Bonchev–Trinajstić information content (AvgIpc) is 2.25. The van der Waals surface area contributed by atoms with Gasteiger partial charge in [0.25, 0.3) is 0 Å². The maximum Gasteiger partial charge on any atom is 0.185 e. The molecule has 88 valence electrons. The molecule has 0 spiro atoms. The zero-order chi connectivity index (χ0) is 12.1. The number of rotatable bonds is 4. The van der Waals surface area contributed by atoms with Crippen molar-refractivity contribution in [2.45, 2.75) is 19.1 Å². The first-order chi connectivity index (χ1) is 7.52. The summed E-state index contributed by atoms with van der Waals surface area (Å²) in [6.45, 7) is 1.42. The molecule has 1 aromatic rings. The number of halogens is 1. The molecule has 2 unspecified atom stereocenters. The first kappa shape index (κ1) is 13.5. The smallest absolute Gasteiger partial charge is 0.185 e. The van der Waals surface area contributed by atoms with E-state index in [1.165, 1.54) is 6.92 Å². The Hall–Kier alpha value is -0.550. The van der Waals surface area contributed by atoms with Gasteiger partial charge in [-0.2, -0.15) is 0 Å². The van der Waals surface area contributed by atoms with Crippen LogP contribution in [0.2, 0.25) is 5.02 Å². The van der Waals surface area contributed by atoms with Gasteiger partial charge in [0.2, 0.25) is 0 Å². The predicted octanol–water partition coefficient (Wildman–Crippen LogP) is 2.01. The van der Waals surface area contributed by atoms with Crippen molar-refractivity contribution < 1.29 is 15.0 Å². The summed E-state index contributed by atoms with van der Waals surface area (Å²) in [5.41, 5.74) is 0.473. The third-order valence-corrected chi connectivity index (χ3v) is 3.30. The van der Waals surface area contributed by atoms with Gasteiger partial charge in [-0.25, -0.2) is 0 Å². The fourth-order valence-electron chi connectivity index (χ4n) is 1.22. The Morgan fingerprint density at radius 2 is 2.06 bits per heavy atom. The molecule has 0 aliphatic carbocycles. The molecule has 0 aromatic heterocycles. The molecule has 5 heteroatoms. The van der Waals surface area contributed by atoms with Crippen LogP contribution in [0, 0.1) is 0 Å². The van der Waals surface area contributed by atoms with Crippen LogP contribution in [0.1, 0.15) is 18.6 Å². The van der Waals surface area contributed by atoms with E-state index in [1.54, 1.807) is 24.3 Å². The third-order valence-electron chi connectivity index (χ3n) is 2.05. The molecule has 0 saturated carbocycles. The zero-order valence-corrected chi connectivity index (χ0v) is 10.3. The van der Waals surface area contributed by atoms with E-state index in [1.807, 2.05) is 0 Å². The van der Waals surface area contributed by atoms with Gasteiger partial charge >= 0.3 is 0 Å². The Bertz CT molecular complexity index is 370. The number of benzene rings is 1. The van der Waals surface area contributed by atoms with Crippen molar-refractivity contribution >= 4 is 28.5 Å². The second-order valence-electron chi connectivity index (χ2n) is 3.34. The van der Waals surface area contributed by atoms with E-state index in [0.29, 0.717) is 10.6 Å². The van der Waals surface area contributed by atoms with E-state index in [0.717, 1.165) is 11.8 Å². The quantitative estimate of drug-likeness (QED) is 0.870. The van der Waals surface area contributed by atoms with E-state index < -0.39 is 12.2 Å². The zero-order valence-electron chi connectivity index (χ0n) is 8.76. The summed E-state index contributed by atoms with van der Waals surface area (Å²) in [6, 6.07) is 6.77. The van der Waals surface area contributed by atoms with Gasteiger partial charge in [-0.15, -0.1) is 0 Å². The van der Waals surface area contributed by atoms with Crippen molar-refractivity contribution in [2.24, 2.45) is 0 Å².